The first-order valence-electron chi connectivity index (χ1n) is 7.24. The fourth-order valence-electron chi connectivity index (χ4n) is 2.46. The molecule has 0 radical (unpaired) electrons. The van der Waals surface area contributed by atoms with Gasteiger partial charge in [-0.3, -0.25) is 4.98 Å². The lowest BCUT2D eigenvalue weighted by Crippen LogP contribution is -2.44. The maximum atomic E-state index is 11.6. The molecular weight excluding hydrogens is 254 g/mol. The Balaban J connectivity index is 1.73. The van der Waals surface area contributed by atoms with E-state index in [2.05, 4.69) is 16.4 Å². The predicted octanol–water partition coefficient (Wildman–Crippen LogP) is 2.10. The van der Waals surface area contributed by atoms with Gasteiger partial charge in [0.25, 0.3) is 0 Å². The first kappa shape index (κ1) is 14.8. The number of pyridine rings is 1. The number of hydrogen-bond donors (Lipinski definition) is 1. The zero-order valence-corrected chi connectivity index (χ0v) is 12.3. The summed E-state index contributed by atoms with van der Waals surface area (Å²) < 4.78 is 5.02. The van der Waals surface area contributed by atoms with E-state index in [1.54, 1.807) is 4.90 Å². The highest BCUT2D eigenvalue weighted by molar-refractivity contribution is 5.67. The molecule has 0 atom stereocenters. The zero-order valence-electron chi connectivity index (χ0n) is 12.3. The average Bonchev–Trinajstić information content (AvgIpc) is 2.46. The van der Waals surface area contributed by atoms with Gasteiger partial charge in [-0.15, -0.1) is 0 Å². The number of carbonyl (C=O) groups is 1. The topological polar surface area (TPSA) is 54.5 Å². The lowest BCUT2D eigenvalue weighted by atomic mass is 10.1. The number of nitrogens with zero attached hydrogens (tertiary/aromatic N) is 2. The number of piperidine rings is 1. The number of likely N-dealkylation sites (tertiary alicyclic amines) is 1. The summed E-state index contributed by atoms with van der Waals surface area (Å²) in [5.74, 6) is 0. The van der Waals surface area contributed by atoms with Crippen molar-refractivity contribution >= 4 is 6.09 Å². The normalized spacial score (nSPS) is 16.2. The van der Waals surface area contributed by atoms with Crippen LogP contribution >= 0.6 is 0 Å². The molecule has 110 valence electrons. The summed E-state index contributed by atoms with van der Waals surface area (Å²) in [6, 6.07) is 2.61. The van der Waals surface area contributed by atoms with E-state index in [4.69, 9.17) is 4.74 Å². The summed E-state index contributed by atoms with van der Waals surface area (Å²) in [6.45, 7) is 6.69. The second kappa shape index (κ2) is 7.24. The number of aryl methyl sites for hydroxylation is 1. The highest BCUT2D eigenvalue weighted by Gasteiger charge is 2.22. The minimum Gasteiger partial charge on any atom is -0.450 e. The Morgan fingerprint density at radius 1 is 1.45 bits per heavy atom. The standard InChI is InChI=1S/C15H23N3O2/c1-3-20-15(19)18-6-4-14(5-7-18)17-11-13-8-12(2)9-16-10-13/h8-10,14,17H,3-7,11H2,1-2H3. The minimum absolute atomic E-state index is 0.186. The van der Waals surface area contributed by atoms with E-state index in [-0.39, 0.29) is 6.09 Å². The van der Waals surface area contributed by atoms with Gasteiger partial charge in [-0.2, -0.15) is 0 Å². The van der Waals surface area contributed by atoms with Gasteiger partial charge in [0.05, 0.1) is 6.61 Å². The second-order valence-electron chi connectivity index (χ2n) is 5.21. The Labute approximate surface area is 120 Å². The highest BCUT2D eigenvalue weighted by Crippen LogP contribution is 2.12. The van der Waals surface area contributed by atoms with Crippen molar-refractivity contribution in [1.82, 2.24) is 15.2 Å². The van der Waals surface area contributed by atoms with Crippen LogP contribution in [0, 0.1) is 6.92 Å². The van der Waals surface area contributed by atoms with Crippen molar-refractivity contribution in [2.24, 2.45) is 0 Å². The largest absolute Gasteiger partial charge is 0.450 e. The fourth-order valence-corrected chi connectivity index (χ4v) is 2.46. The molecule has 1 N–H and O–H groups in total. The van der Waals surface area contributed by atoms with Gasteiger partial charge in [-0.1, -0.05) is 6.07 Å². The Morgan fingerprint density at radius 2 is 2.20 bits per heavy atom. The van der Waals surface area contributed by atoms with Crippen LogP contribution in [0.2, 0.25) is 0 Å². The third-order valence-electron chi connectivity index (χ3n) is 3.55. The molecule has 0 saturated carbocycles. The van der Waals surface area contributed by atoms with Gasteiger partial charge < -0.3 is 15.0 Å². The lowest BCUT2D eigenvalue weighted by molar-refractivity contribution is 0.0950. The van der Waals surface area contributed by atoms with Gasteiger partial charge in [-0.25, -0.2) is 4.79 Å². The van der Waals surface area contributed by atoms with E-state index >= 15 is 0 Å². The molecule has 0 unspecified atom stereocenters. The number of ether oxygens (including phenoxy) is 1. The van der Waals surface area contributed by atoms with Crippen molar-refractivity contribution in [3.63, 3.8) is 0 Å². The molecule has 20 heavy (non-hydrogen) atoms. The molecule has 5 heteroatoms. The van der Waals surface area contributed by atoms with E-state index in [1.165, 1.54) is 11.1 Å². The summed E-state index contributed by atoms with van der Waals surface area (Å²) in [6.07, 6.45) is 5.51. The molecule has 1 fully saturated rings. The van der Waals surface area contributed by atoms with Crippen molar-refractivity contribution in [3.05, 3.63) is 29.6 Å². The van der Waals surface area contributed by atoms with Crippen LogP contribution in [0.3, 0.4) is 0 Å². The van der Waals surface area contributed by atoms with Crippen LogP contribution in [0.25, 0.3) is 0 Å². The molecule has 0 spiro atoms. The van der Waals surface area contributed by atoms with Gasteiger partial charge in [0.15, 0.2) is 0 Å². The van der Waals surface area contributed by atoms with Crippen LogP contribution in [0.15, 0.2) is 18.5 Å². The second-order valence-corrected chi connectivity index (χ2v) is 5.21. The van der Waals surface area contributed by atoms with Crippen molar-refractivity contribution in [1.29, 1.82) is 0 Å². The van der Waals surface area contributed by atoms with Crippen LogP contribution in [-0.2, 0) is 11.3 Å². The monoisotopic (exact) mass is 277 g/mol. The summed E-state index contributed by atoms with van der Waals surface area (Å²) >= 11 is 0. The molecule has 1 amide bonds. The number of carbonyl (C=O) groups excluding carboxylic acids is 1. The molecule has 0 bridgehead atoms. The number of rotatable bonds is 4. The smallest absolute Gasteiger partial charge is 0.409 e. The molecule has 0 aromatic carbocycles. The summed E-state index contributed by atoms with van der Waals surface area (Å²) in [5.41, 5.74) is 2.39. The molecule has 5 nitrogen and oxygen atoms in total. The first-order chi connectivity index (χ1) is 9.69. The van der Waals surface area contributed by atoms with E-state index < -0.39 is 0 Å². The van der Waals surface area contributed by atoms with Crippen LogP contribution in [-0.4, -0.2) is 41.7 Å². The minimum atomic E-state index is -0.186. The van der Waals surface area contributed by atoms with Crippen molar-refractivity contribution in [2.75, 3.05) is 19.7 Å². The fraction of sp³-hybridized carbons (Fsp3) is 0.600. The molecule has 1 aliphatic rings. The third kappa shape index (κ3) is 4.20. The molecule has 0 aliphatic carbocycles. The van der Waals surface area contributed by atoms with Crippen LogP contribution in [0.1, 0.15) is 30.9 Å². The third-order valence-corrected chi connectivity index (χ3v) is 3.55. The molecule has 2 heterocycles. The van der Waals surface area contributed by atoms with E-state index in [1.807, 2.05) is 26.2 Å². The quantitative estimate of drug-likeness (QED) is 0.915. The van der Waals surface area contributed by atoms with Crippen molar-refractivity contribution < 1.29 is 9.53 Å². The van der Waals surface area contributed by atoms with Crippen molar-refractivity contribution in [2.45, 2.75) is 39.3 Å². The molecule has 1 aromatic rings. The Hall–Kier alpha value is -1.62. The maximum Gasteiger partial charge on any atom is 0.409 e. The highest BCUT2D eigenvalue weighted by atomic mass is 16.6. The average molecular weight is 277 g/mol. The van der Waals surface area contributed by atoms with Gasteiger partial charge in [0, 0.05) is 38.1 Å². The van der Waals surface area contributed by atoms with Crippen LogP contribution < -0.4 is 5.32 Å². The summed E-state index contributed by atoms with van der Waals surface area (Å²) in [7, 11) is 0. The predicted molar refractivity (Wildman–Crippen MR) is 77.4 cm³/mol. The van der Waals surface area contributed by atoms with E-state index in [0.717, 1.165) is 32.5 Å². The molecule has 2 rings (SSSR count). The Morgan fingerprint density at radius 3 is 2.85 bits per heavy atom. The lowest BCUT2D eigenvalue weighted by Gasteiger charge is -2.31. The maximum absolute atomic E-state index is 11.6. The van der Waals surface area contributed by atoms with Gasteiger partial charge in [-0.05, 0) is 37.8 Å². The van der Waals surface area contributed by atoms with Crippen LogP contribution in [0.4, 0.5) is 4.79 Å². The Bertz CT molecular complexity index is 442. The van der Waals surface area contributed by atoms with Crippen LogP contribution in [0.5, 0.6) is 0 Å². The zero-order chi connectivity index (χ0) is 14.4. The first-order valence-corrected chi connectivity index (χ1v) is 7.24. The van der Waals surface area contributed by atoms with E-state index in [9.17, 15) is 4.79 Å². The Kier molecular flexibility index (Phi) is 5.35. The van der Waals surface area contributed by atoms with Gasteiger partial charge in [0.2, 0.25) is 0 Å². The number of hydrogen-bond acceptors (Lipinski definition) is 4. The summed E-state index contributed by atoms with van der Waals surface area (Å²) in [4.78, 5) is 17.6. The van der Waals surface area contributed by atoms with Crippen molar-refractivity contribution in [3.8, 4) is 0 Å². The molecular formula is C15H23N3O2. The number of nitrogens with one attached hydrogen (secondary N) is 1. The SMILES string of the molecule is CCOC(=O)N1CCC(NCc2cncc(C)c2)CC1. The number of aromatic nitrogens is 1. The molecule has 1 aliphatic heterocycles. The number of amides is 1. The van der Waals surface area contributed by atoms with Gasteiger partial charge >= 0.3 is 6.09 Å². The summed E-state index contributed by atoms with van der Waals surface area (Å²) in [5, 5.41) is 3.54. The molecule has 1 saturated heterocycles. The van der Waals surface area contributed by atoms with E-state index in [0.29, 0.717) is 12.6 Å². The molecule has 1 aromatic heterocycles. The van der Waals surface area contributed by atoms with Gasteiger partial charge in [0.1, 0.15) is 0 Å².